The smallest absolute Gasteiger partial charge is 0.388 e. The standard InChI is InChI=1S/C20H34O4.C11H17NO2.C5H11F.2C3H5F3.C2H6.2CH2F2.CH3FO.2FHO/c1-5-7-11-19(15-23-17(3)21)13-9-10-14-20(12-8-6-2)16-24-18(4)22;1-3-5-6-8-12-11(14)9-10(13)7-4-2;1-5(2,3)4-6;2*1-2-3(4,5)6;1-2;2*2-1-3;1-3-2;2*1-2/h5-8,19-20H,9-16H2,1-4H3;3-5,7H,6,8-9H2,1-2H3,(H,12,14);4H2,1-3H3;2*2H2,1H3;1-2H3;2*1H2;1H3;2*2H. The van der Waals surface area contributed by atoms with Gasteiger partial charge in [-0.1, -0.05) is 113 Å². The second-order valence-electron chi connectivity index (χ2n) is 14.1. The van der Waals surface area contributed by atoms with Crippen molar-refractivity contribution in [3.63, 3.8) is 0 Å². The Morgan fingerprint density at radius 1 is 0.620 bits per heavy atom. The summed E-state index contributed by atoms with van der Waals surface area (Å²) in [5.74, 6) is -0.0321. The van der Waals surface area contributed by atoms with Crippen molar-refractivity contribution in [2.75, 3.05) is 47.4 Å². The molecule has 0 rings (SSSR count). The van der Waals surface area contributed by atoms with Gasteiger partial charge in [-0.3, -0.25) is 23.6 Å². The van der Waals surface area contributed by atoms with Crippen LogP contribution in [0.15, 0.2) is 48.6 Å². The zero-order valence-corrected chi connectivity index (χ0v) is 44.1. The van der Waals surface area contributed by atoms with E-state index in [1.165, 1.54) is 19.9 Å². The Morgan fingerprint density at radius 3 is 1.11 bits per heavy atom. The number of hydrogen-bond donors (Lipinski definition) is 3. The van der Waals surface area contributed by atoms with Crippen LogP contribution >= 0.6 is 0 Å². The number of hydrogen-bond acceptors (Lipinski definition) is 9. The summed E-state index contributed by atoms with van der Waals surface area (Å²) >= 11 is 0. The third kappa shape index (κ3) is 146. The number of carbonyl (C=O) groups excluding carboxylic acids is 4. The van der Waals surface area contributed by atoms with Gasteiger partial charge >= 0.3 is 24.3 Å². The van der Waals surface area contributed by atoms with Gasteiger partial charge < -0.3 is 14.8 Å². The van der Waals surface area contributed by atoms with Gasteiger partial charge in [-0.05, 0) is 87.7 Å². The zero-order chi connectivity index (χ0) is 58.8. The predicted molar refractivity (Wildman–Crippen MR) is 253 cm³/mol. The topological polar surface area (TPSA) is 148 Å². The molecule has 0 heterocycles. The van der Waals surface area contributed by atoms with Gasteiger partial charge in [0.2, 0.25) is 19.8 Å². The van der Waals surface area contributed by atoms with E-state index in [1.54, 1.807) is 13.0 Å². The summed E-state index contributed by atoms with van der Waals surface area (Å²) in [5, 5.41) is 13.7. The number of unbranched alkanes of at least 4 members (excludes halogenated alkanes) is 1. The lowest BCUT2D eigenvalue weighted by atomic mass is 9.94. The van der Waals surface area contributed by atoms with Crippen LogP contribution in [0, 0.1) is 17.3 Å². The molecule has 0 aromatic rings. The van der Waals surface area contributed by atoms with E-state index in [1.807, 2.05) is 79.7 Å². The van der Waals surface area contributed by atoms with Crippen molar-refractivity contribution in [1.29, 1.82) is 0 Å². The van der Waals surface area contributed by atoms with Crippen LogP contribution in [0.25, 0.3) is 0 Å². The first-order valence-electron chi connectivity index (χ1n) is 22.1. The molecule has 0 aromatic carbocycles. The monoisotopic (exact) mass is 1080 g/mol. The summed E-state index contributed by atoms with van der Waals surface area (Å²) in [6, 6.07) is 0. The molecule has 24 heteroatoms. The van der Waals surface area contributed by atoms with E-state index in [0.717, 1.165) is 65.9 Å². The summed E-state index contributed by atoms with van der Waals surface area (Å²) in [4.78, 5) is 46.8. The molecule has 1 amide bonds. The third-order valence-corrected chi connectivity index (χ3v) is 6.69. The van der Waals surface area contributed by atoms with Gasteiger partial charge in [-0.2, -0.15) is 31.3 Å². The van der Waals surface area contributed by atoms with Gasteiger partial charge in [0.15, 0.2) is 5.78 Å². The minimum absolute atomic E-state index is 0.0554. The number of ketones is 1. The first kappa shape index (κ1) is 93.0. The summed E-state index contributed by atoms with van der Waals surface area (Å²) in [6.45, 7) is 20.2. The van der Waals surface area contributed by atoms with E-state index in [4.69, 9.17) is 29.1 Å². The van der Waals surface area contributed by atoms with E-state index in [-0.39, 0.29) is 42.1 Å². The van der Waals surface area contributed by atoms with Crippen molar-refractivity contribution in [2.24, 2.45) is 17.3 Å². The first-order valence-corrected chi connectivity index (χ1v) is 22.1. The quantitative estimate of drug-likeness (QED) is 0.0287. The highest BCUT2D eigenvalue weighted by Gasteiger charge is 2.23. The Kier molecular flexibility index (Phi) is 101. The van der Waals surface area contributed by atoms with Crippen LogP contribution in [-0.2, 0) is 33.6 Å². The average molecular weight is 1080 g/mol. The number of ether oxygens (including phenoxy) is 2. The minimum atomic E-state index is -3.96. The lowest BCUT2D eigenvalue weighted by Crippen LogP contribution is -2.25. The Hall–Kier alpha value is -4.06. The van der Waals surface area contributed by atoms with Crippen LogP contribution in [0.4, 0.5) is 61.9 Å². The van der Waals surface area contributed by atoms with Crippen LogP contribution in [-0.4, -0.2) is 94.0 Å². The third-order valence-electron chi connectivity index (χ3n) is 6.69. The van der Waals surface area contributed by atoms with E-state index in [2.05, 4.69) is 22.4 Å². The summed E-state index contributed by atoms with van der Waals surface area (Å²) in [7, 11) is 0.958. The molecule has 0 saturated carbocycles. The maximum Gasteiger partial charge on any atom is 0.388 e. The van der Waals surface area contributed by atoms with Crippen molar-refractivity contribution in [3.8, 4) is 0 Å². The average Bonchev–Trinajstić information content (AvgIpc) is 3.30. The summed E-state index contributed by atoms with van der Waals surface area (Å²) in [5.41, 5.74) is -0.125. The summed E-state index contributed by atoms with van der Waals surface area (Å²) in [6.07, 6.45) is 12.8. The van der Waals surface area contributed by atoms with Crippen molar-refractivity contribution < 1.29 is 106 Å². The maximum atomic E-state index is 11.5. The molecule has 10 nitrogen and oxygen atoms in total. The Balaban J connectivity index is -0.0000000720. The normalized spacial score (nSPS) is 11.0. The molecule has 0 radical (unpaired) electrons. The van der Waals surface area contributed by atoms with E-state index in [0.29, 0.717) is 31.6 Å². The van der Waals surface area contributed by atoms with Crippen molar-refractivity contribution >= 4 is 23.6 Å². The lowest BCUT2D eigenvalue weighted by Gasteiger charge is -2.17. The van der Waals surface area contributed by atoms with E-state index < -0.39 is 39.1 Å². The van der Waals surface area contributed by atoms with Crippen LogP contribution in [0.3, 0.4) is 0 Å². The number of rotatable bonds is 19. The molecule has 0 fully saturated rings. The molecule has 0 aliphatic rings. The lowest BCUT2D eigenvalue weighted by molar-refractivity contribution is -0.143. The number of halogens is 14. The summed E-state index contributed by atoms with van der Waals surface area (Å²) < 4.78 is 152. The fourth-order valence-corrected chi connectivity index (χ4v) is 3.46. The first-order chi connectivity index (χ1) is 33.1. The second kappa shape index (κ2) is 77.4. The molecule has 0 spiro atoms. The highest BCUT2D eigenvalue weighted by Crippen LogP contribution is 2.20. The molecule has 2 atom stereocenters. The SMILES string of the molecule is CC.CC(C)(C)CF.CC=CCC(CCCCC(CC=CC)COC(C)=O)COC(C)=O.CC=CCCNC(=O)CC(=O)C=CC.CCC(F)(F)F.CCC(F)(F)F.COF.FCF.FCF.OF.OF. The van der Waals surface area contributed by atoms with Crippen molar-refractivity contribution in [2.45, 2.75) is 167 Å². The number of carbonyl (C=O) groups is 4. The van der Waals surface area contributed by atoms with Gasteiger partial charge in [-0.25, -0.2) is 28.2 Å². The van der Waals surface area contributed by atoms with Crippen LogP contribution < -0.4 is 5.32 Å². The Labute approximate surface area is 414 Å². The fourth-order valence-electron chi connectivity index (χ4n) is 3.46. The van der Waals surface area contributed by atoms with Gasteiger partial charge in [0.25, 0.3) is 0 Å². The number of alkyl halides is 11. The molecule has 432 valence electrons. The number of amides is 1. The number of esters is 2. The van der Waals surface area contributed by atoms with Crippen LogP contribution in [0.2, 0.25) is 0 Å². The van der Waals surface area contributed by atoms with Crippen molar-refractivity contribution in [1.82, 2.24) is 5.32 Å². The highest BCUT2D eigenvalue weighted by atomic mass is 19.4. The van der Waals surface area contributed by atoms with Crippen LogP contribution in [0.1, 0.15) is 154 Å². The van der Waals surface area contributed by atoms with Gasteiger partial charge in [0, 0.05) is 33.2 Å². The molecular weight excluding hydrogens is 988 g/mol. The van der Waals surface area contributed by atoms with Gasteiger partial charge in [-0.15, -0.1) is 0 Å². The van der Waals surface area contributed by atoms with Gasteiger partial charge in [0.1, 0.15) is 0 Å². The van der Waals surface area contributed by atoms with Gasteiger partial charge in [0.05, 0.1) is 33.4 Å². The zero-order valence-electron chi connectivity index (χ0n) is 44.1. The molecule has 0 aromatic heterocycles. The molecule has 71 heavy (non-hydrogen) atoms. The maximum absolute atomic E-state index is 11.5. The molecule has 0 saturated heterocycles. The van der Waals surface area contributed by atoms with Crippen LogP contribution in [0.5, 0.6) is 0 Å². The predicted octanol–water partition coefficient (Wildman–Crippen LogP) is 15.4. The molecule has 0 aliphatic heterocycles. The second-order valence-corrected chi connectivity index (χ2v) is 14.1. The Morgan fingerprint density at radius 2 is 0.901 bits per heavy atom. The Bertz CT molecular complexity index is 1090. The molecule has 0 aliphatic carbocycles. The molecular formula is C47H87F14NO9. The number of allylic oxidation sites excluding steroid dienone is 7. The van der Waals surface area contributed by atoms with E-state index in [9.17, 15) is 72.0 Å². The molecule has 0 bridgehead atoms. The molecule has 2 unspecified atom stereocenters. The van der Waals surface area contributed by atoms with Crippen molar-refractivity contribution in [3.05, 3.63) is 48.6 Å². The highest BCUT2D eigenvalue weighted by molar-refractivity contribution is 6.03. The minimum Gasteiger partial charge on any atom is -0.466 e. The number of nitrogens with one attached hydrogen (secondary N) is 1. The molecule has 3 N–H and O–H groups in total. The largest absolute Gasteiger partial charge is 0.466 e. The fraction of sp³-hybridized carbons (Fsp3) is 0.745. The van der Waals surface area contributed by atoms with E-state index >= 15 is 0 Å².